The summed E-state index contributed by atoms with van der Waals surface area (Å²) < 4.78 is 94.9. The van der Waals surface area contributed by atoms with E-state index in [2.05, 4.69) is 0 Å². The van der Waals surface area contributed by atoms with E-state index in [-0.39, 0.29) is 6.07 Å². The van der Waals surface area contributed by atoms with Crippen LogP contribution in [0.4, 0.5) is 26.3 Å². The van der Waals surface area contributed by atoms with Gasteiger partial charge in [0, 0.05) is 5.56 Å². The highest BCUT2D eigenvalue weighted by atomic mass is 32.2. The van der Waals surface area contributed by atoms with Gasteiger partial charge < -0.3 is 0 Å². The fraction of sp³-hybridized carbons (Fsp3) is 0.222. The van der Waals surface area contributed by atoms with Crippen molar-refractivity contribution < 1.29 is 39.6 Å². The second-order valence-corrected chi connectivity index (χ2v) is 5.13. The van der Waals surface area contributed by atoms with Gasteiger partial charge >= 0.3 is 21.7 Å². The number of alkyl halides is 6. The van der Waals surface area contributed by atoms with Crippen LogP contribution in [0.2, 0.25) is 0 Å². The molecule has 0 aliphatic heterocycles. The first kappa shape index (κ1) is 16.3. The summed E-state index contributed by atoms with van der Waals surface area (Å²) in [5.41, 5.74) is -7.91. The second kappa shape index (κ2) is 4.96. The van der Waals surface area contributed by atoms with Crippen molar-refractivity contribution in [2.75, 3.05) is 0 Å². The third kappa shape index (κ3) is 3.62. The van der Waals surface area contributed by atoms with Crippen molar-refractivity contribution in [2.24, 2.45) is 0 Å². The number of nitrogens with one attached hydrogen (secondary N) is 1. The first-order valence-electron chi connectivity index (χ1n) is 4.65. The summed E-state index contributed by atoms with van der Waals surface area (Å²) in [7, 11) is -5.97. The Morgan fingerprint density at radius 2 is 1.60 bits per heavy atom. The van der Waals surface area contributed by atoms with Crippen LogP contribution in [0.3, 0.4) is 0 Å². The molecule has 0 bridgehead atoms. The van der Waals surface area contributed by atoms with Gasteiger partial charge in [0.2, 0.25) is 0 Å². The minimum absolute atomic E-state index is 0.237. The van der Waals surface area contributed by atoms with Gasteiger partial charge in [-0.2, -0.15) is 34.8 Å². The molecule has 1 rings (SSSR count). The minimum atomic E-state index is -5.97. The lowest BCUT2D eigenvalue weighted by Gasteiger charge is -2.11. The van der Waals surface area contributed by atoms with Crippen molar-refractivity contribution in [3.63, 3.8) is 0 Å². The molecule has 0 heterocycles. The molecule has 0 saturated heterocycles. The maximum atomic E-state index is 12.3. The Balaban J connectivity index is 3.07. The third-order valence-corrected chi connectivity index (χ3v) is 3.05. The maximum Gasteiger partial charge on any atom is 0.516 e. The number of halogens is 6. The number of benzene rings is 1. The molecule has 0 radical (unpaired) electrons. The van der Waals surface area contributed by atoms with E-state index in [1.54, 1.807) is 0 Å². The van der Waals surface area contributed by atoms with Crippen molar-refractivity contribution in [1.29, 1.82) is 0 Å². The van der Waals surface area contributed by atoms with Gasteiger partial charge in [0.25, 0.3) is 5.91 Å². The molecule has 0 saturated carbocycles. The van der Waals surface area contributed by atoms with Crippen LogP contribution in [-0.2, 0) is 16.2 Å². The van der Waals surface area contributed by atoms with E-state index in [1.165, 1.54) is 0 Å². The smallest absolute Gasteiger partial charge is 0.268 e. The Labute approximate surface area is 108 Å². The quantitative estimate of drug-likeness (QED) is 0.850. The summed E-state index contributed by atoms with van der Waals surface area (Å²) in [5.74, 6) is -1.81. The standard InChI is InChI=1S/C9H5F6NO3S/c10-8(11,12)6-3-1-2-5(4-6)7(17)16-20(18,19)9(13,14)15/h1-4H,(H,16,17). The van der Waals surface area contributed by atoms with E-state index < -0.39 is 38.7 Å². The van der Waals surface area contributed by atoms with Gasteiger partial charge in [-0.05, 0) is 18.2 Å². The fourth-order valence-corrected chi connectivity index (χ4v) is 1.55. The minimum Gasteiger partial charge on any atom is -0.268 e. The second-order valence-electron chi connectivity index (χ2n) is 3.46. The van der Waals surface area contributed by atoms with Gasteiger partial charge in [0.1, 0.15) is 0 Å². The molecule has 0 spiro atoms. The van der Waals surface area contributed by atoms with Gasteiger partial charge in [0.05, 0.1) is 5.56 Å². The highest BCUT2D eigenvalue weighted by Crippen LogP contribution is 2.29. The van der Waals surface area contributed by atoms with Crippen LogP contribution < -0.4 is 4.72 Å². The van der Waals surface area contributed by atoms with E-state index in [0.717, 1.165) is 12.1 Å². The zero-order chi connectivity index (χ0) is 15.8. The lowest BCUT2D eigenvalue weighted by molar-refractivity contribution is -0.137. The maximum absolute atomic E-state index is 12.3. The largest absolute Gasteiger partial charge is 0.516 e. The number of sulfonamides is 1. The summed E-state index contributed by atoms with van der Waals surface area (Å²) in [5, 5.41) is 0. The summed E-state index contributed by atoms with van der Waals surface area (Å²) in [4.78, 5) is 11.2. The molecule has 1 aromatic rings. The number of hydrogen-bond acceptors (Lipinski definition) is 3. The monoisotopic (exact) mass is 321 g/mol. The summed E-state index contributed by atoms with van der Waals surface area (Å²) in [6.45, 7) is 0. The first-order valence-corrected chi connectivity index (χ1v) is 6.13. The van der Waals surface area contributed by atoms with Crippen molar-refractivity contribution in [3.8, 4) is 0 Å². The Morgan fingerprint density at radius 1 is 1.05 bits per heavy atom. The highest BCUT2D eigenvalue weighted by Gasteiger charge is 2.47. The van der Waals surface area contributed by atoms with E-state index in [1.807, 2.05) is 0 Å². The molecule has 0 aliphatic carbocycles. The topological polar surface area (TPSA) is 63.2 Å². The van der Waals surface area contributed by atoms with Gasteiger partial charge in [-0.3, -0.25) is 4.79 Å². The normalized spacial score (nSPS) is 13.1. The predicted octanol–water partition coefficient (Wildman–Crippen LogP) is 2.28. The molecule has 11 heteroatoms. The molecule has 0 atom stereocenters. The lowest BCUT2D eigenvalue weighted by Crippen LogP contribution is -2.40. The zero-order valence-electron chi connectivity index (χ0n) is 9.21. The molecule has 0 unspecified atom stereocenters. The Bertz CT molecular complexity index is 619. The Kier molecular flexibility index (Phi) is 4.04. The van der Waals surface area contributed by atoms with Crippen LogP contribution in [0, 0.1) is 0 Å². The Hall–Kier alpha value is -1.78. The molecule has 1 amide bonds. The molecule has 1 aromatic carbocycles. The fourth-order valence-electron chi connectivity index (χ4n) is 1.08. The average molecular weight is 321 g/mol. The van der Waals surface area contributed by atoms with Crippen LogP contribution in [-0.4, -0.2) is 19.8 Å². The number of carbonyl (C=O) groups is 1. The van der Waals surface area contributed by atoms with Crippen LogP contribution in [0.25, 0.3) is 0 Å². The van der Waals surface area contributed by atoms with E-state index in [0.29, 0.717) is 10.8 Å². The molecule has 20 heavy (non-hydrogen) atoms. The zero-order valence-corrected chi connectivity index (χ0v) is 10.0. The van der Waals surface area contributed by atoms with Gasteiger partial charge in [-0.15, -0.1) is 0 Å². The molecular formula is C9H5F6NO3S. The summed E-state index contributed by atoms with van der Waals surface area (Å²) >= 11 is 0. The van der Waals surface area contributed by atoms with Crippen LogP contribution in [0.5, 0.6) is 0 Å². The van der Waals surface area contributed by atoms with E-state index in [9.17, 15) is 39.6 Å². The van der Waals surface area contributed by atoms with Gasteiger partial charge in [0.15, 0.2) is 0 Å². The molecule has 1 N–H and O–H groups in total. The number of rotatable bonds is 2. The van der Waals surface area contributed by atoms with Crippen molar-refractivity contribution >= 4 is 15.9 Å². The van der Waals surface area contributed by atoms with Gasteiger partial charge in [-0.25, -0.2) is 4.72 Å². The third-order valence-electron chi connectivity index (χ3n) is 1.98. The number of carbonyl (C=O) groups excluding carboxylic acids is 1. The molecule has 0 aliphatic rings. The molecule has 4 nitrogen and oxygen atoms in total. The predicted molar refractivity (Wildman–Crippen MR) is 53.9 cm³/mol. The van der Waals surface area contributed by atoms with Crippen LogP contribution in [0.1, 0.15) is 15.9 Å². The number of amides is 1. The highest BCUT2D eigenvalue weighted by molar-refractivity contribution is 7.90. The summed E-state index contributed by atoms with van der Waals surface area (Å²) in [6, 6.07) is 2.32. The first-order chi connectivity index (χ1) is 8.84. The van der Waals surface area contributed by atoms with Crippen molar-refractivity contribution in [3.05, 3.63) is 35.4 Å². The van der Waals surface area contributed by atoms with E-state index in [4.69, 9.17) is 0 Å². The van der Waals surface area contributed by atoms with Gasteiger partial charge in [-0.1, -0.05) is 6.07 Å². The molecular weight excluding hydrogens is 316 g/mol. The molecule has 112 valence electrons. The van der Waals surface area contributed by atoms with E-state index >= 15 is 0 Å². The van der Waals surface area contributed by atoms with Crippen LogP contribution >= 0.6 is 0 Å². The van der Waals surface area contributed by atoms with Crippen molar-refractivity contribution in [2.45, 2.75) is 11.7 Å². The lowest BCUT2D eigenvalue weighted by atomic mass is 10.1. The molecule has 0 fully saturated rings. The van der Waals surface area contributed by atoms with Crippen molar-refractivity contribution in [1.82, 2.24) is 4.72 Å². The van der Waals surface area contributed by atoms with Crippen LogP contribution in [0.15, 0.2) is 24.3 Å². The molecule has 0 aromatic heterocycles. The summed E-state index contributed by atoms with van der Waals surface area (Å²) in [6.07, 6.45) is -4.82. The SMILES string of the molecule is O=C(NS(=O)(=O)C(F)(F)F)c1cccc(C(F)(F)F)c1. The number of hydrogen-bond donors (Lipinski definition) is 1. The Morgan fingerprint density at radius 3 is 2.05 bits per heavy atom. The average Bonchev–Trinajstić information content (AvgIpc) is 2.26.